The van der Waals surface area contributed by atoms with E-state index in [1.165, 1.54) is 0 Å². The smallest absolute Gasteiger partial charge is 0.259 e. The molecule has 17 heavy (non-hydrogen) atoms. The predicted molar refractivity (Wildman–Crippen MR) is 76.1 cm³/mol. The van der Waals surface area contributed by atoms with Gasteiger partial charge >= 0.3 is 0 Å². The minimum atomic E-state index is -0.973. The molecule has 0 rings (SSSR count). The Balaban J connectivity index is 4.69. The summed E-state index contributed by atoms with van der Waals surface area (Å²) >= 11 is 0. The number of rotatable bonds is 6. The summed E-state index contributed by atoms with van der Waals surface area (Å²) in [5.41, 5.74) is -0.337. The van der Waals surface area contributed by atoms with Crippen molar-refractivity contribution in [3.8, 4) is 0 Å². The van der Waals surface area contributed by atoms with E-state index >= 15 is 0 Å². The first kappa shape index (κ1) is 17.3. The van der Waals surface area contributed by atoms with Crippen LogP contribution >= 0.6 is 8.53 Å². The summed E-state index contributed by atoms with van der Waals surface area (Å²) in [6.45, 7) is 18.8. The molecule has 0 amide bonds. The van der Waals surface area contributed by atoms with Crippen LogP contribution in [-0.2, 0) is 9.05 Å². The average molecular weight is 263 g/mol. The normalized spacial score (nSPS) is 13.8. The van der Waals surface area contributed by atoms with Crippen molar-refractivity contribution in [2.45, 2.75) is 73.0 Å². The molecule has 4 heteroatoms. The van der Waals surface area contributed by atoms with E-state index in [2.05, 4.69) is 60.1 Å². The average Bonchev–Trinajstić information content (AvgIpc) is 2.08. The van der Waals surface area contributed by atoms with Gasteiger partial charge in [-0.15, -0.1) is 0 Å². The van der Waals surface area contributed by atoms with Crippen molar-refractivity contribution in [1.82, 2.24) is 4.67 Å². The van der Waals surface area contributed by atoms with Gasteiger partial charge < -0.3 is 9.05 Å². The molecule has 0 aliphatic heterocycles. The topological polar surface area (TPSA) is 21.7 Å². The highest BCUT2D eigenvalue weighted by Crippen LogP contribution is 2.49. The molecule has 0 aromatic carbocycles. The molecule has 0 saturated carbocycles. The molecular formula is C13H30NO2P. The van der Waals surface area contributed by atoms with Crippen molar-refractivity contribution >= 4 is 8.53 Å². The van der Waals surface area contributed by atoms with Gasteiger partial charge in [0, 0.05) is 13.1 Å². The van der Waals surface area contributed by atoms with Crippen molar-refractivity contribution in [3.63, 3.8) is 0 Å². The zero-order valence-corrected chi connectivity index (χ0v) is 13.7. The van der Waals surface area contributed by atoms with E-state index in [1.807, 2.05) is 0 Å². The zero-order valence-electron chi connectivity index (χ0n) is 12.8. The minimum Gasteiger partial charge on any atom is -0.316 e. The van der Waals surface area contributed by atoms with Gasteiger partial charge in [0.15, 0.2) is 0 Å². The zero-order chi connectivity index (χ0) is 13.7. The van der Waals surface area contributed by atoms with Crippen molar-refractivity contribution < 1.29 is 9.05 Å². The largest absolute Gasteiger partial charge is 0.316 e. The van der Waals surface area contributed by atoms with Crippen LogP contribution in [0.4, 0.5) is 0 Å². The standard InChI is InChI=1S/C13H30NO2P/c1-9-11-14(10-2)17(15-12(3,4)5)16-13(6,7)8/h9-11H2,1-8H3. The summed E-state index contributed by atoms with van der Waals surface area (Å²) in [5.74, 6) is 0. The van der Waals surface area contributed by atoms with Gasteiger partial charge in [-0.25, -0.2) is 4.67 Å². The molecule has 0 aromatic rings. The summed E-state index contributed by atoms with van der Waals surface area (Å²) < 4.78 is 14.5. The molecule has 0 atom stereocenters. The van der Waals surface area contributed by atoms with Gasteiger partial charge in [0.25, 0.3) is 8.53 Å². The molecular weight excluding hydrogens is 233 g/mol. The second kappa shape index (κ2) is 7.04. The second-order valence-corrected chi connectivity index (χ2v) is 7.60. The lowest BCUT2D eigenvalue weighted by Crippen LogP contribution is -2.30. The maximum atomic E-state index is 6.09. The third-order valence-corrected chi connectivity index (χ3v) is 4.13. The van der Waals surface area contributed by atoms with E-state index in [1.54, 1.807) is 0 Å². The minimum absolute atomic E-state index is 0.169. The molecule has 0 bridgehead atoms. The first-order chi connectivity index (χ1) is 7.59. The van der Waals surface area contributed by atoms with Crippen molar-refractivity contribution in [2.24, 2.45) is 0 Å². The van der Waals surface area contributed by atoms with Crippen LogP contribution in [0.2, 0.25) is 0 Å². The first-order valence-corrected chi connectivity index (χ1v) is 7.65. The highest BCUT2D eigenvalue weighted by Gasteiger charge is 2.29. The van der Waals surface area contributed by atoms with Gasteiger partial charge in [-0.3, -0.25) is 0 Å². The Hall–Kier alpha value is 0.310. The highest BCUT2D eigenvalue weighted by atomic mass is 31.2. The van der Waals surface area contributed by atoms with Crippen LogP contribution in [0.3, 0.4) is 0 Å². The van der Waals surface area contributed by atoms with E-state index in [4.69, 9.17) is 9.05 Å². The second-order valence-electron chi connectivity index (χ2n) is 6.19. The fraction of sp³-hybridized carbons (Fsp3) is 1.00. The van der Waals surface area contributed by atoms with E-state index in [9.17, 15) is 0 Å². The monoisotopic (exact) mass is 263 g/mol. The Morgan fingerprint density at radius 3 is 1.53 bits per heavy atom. The highest BCUT2D eigenvalue weighted by molar-refractivity contribution is 7.44. The third kappa shape index (κ3) is 8.96. The summed E-state index contributed by atoms with van der Waals surface area (Å²) in [6.07, 6.45) is 1.12. The van der Waals surface area contributed by atoms with Crippen molar-refractivity contribution in [1.29, 1.82) is 0 Å². The van der Waals surface area contributed by atoms with Crippen LogP contribution in [-0.4, -0.2) is 29.0 Å². The van der Waals surface area contributed by atoms with Crippen LogP contribution in [0.5, 0.6) is 0 Å². The van der Waals surface area contributed by atoms with Crippen molar-refractivity contribution in [3.05, 3.63) is 0 Å². The summed E-state index contributed by atoms with van der Waals surface area (Å²) in [6, 6.07) is 0. The Labute approximate surface area is 109 Å². The van der Waals surface area contributed by atoms with Crippen LogP contribution in [0, 0.1) is 0 Å². The molecule has 0 N–H and O–H groups in total. The number of hydrogen-bond acceptors (Lipinski definition) is 3. The number of nitrogens with zero attached hydrogens (tertiary/aromatic N) is 1. The molecule has 0 saturated heterocycles. The van der Waals surface area contributed by atoms with Crippen LogP contribution in [0.25, 0.3) is 0 Å². The van der Waals surface area contributed by atoms with Crippen LogP contribution < -0.4 is 0 Å². The molecule has 3 nitrogen and oxygen atoms in total. The van der Waals surface area contributed by atoms with Crippen LogP contribution in [0.15, 0.2) is 0 Å². The van der Waals surface area contributed by atoms with E-state index in [-0.39, 0.29) is 11.2 Å². The summed E-state index contributed by atoms with van der Waals surface area (Å²) in [7, 11) is -0.973. The molecule has 0 radical (unpaired) electrons. The lowest BCUT2D eigenvalue weighted by atomic mass is 10.2. The van der Waals surface area contributed by atoms with E-state index < -0.39 is 8.53 Å². The summed E-state index contributed by atoms with van der Waals surface area (Å²) in [4.78, 5) is 0. The molecule has 0 unspecified atom stereocenters. The number of hydrogen-bond donors (Lipinski definition) is 0. The molecule has 0 aliphatic rings. The molecule has 0 aliphatic carbocycles. The fourth-order valence-electron chi connectivity index (χ4n) is 1.22. The summed E-state index contributed by atoms with van der Waals surface area (Å²) in [5, 5.41) is 0. The van der Waals surface area contributed by atoms with Gasteiger partial charge in [0.1, 0.15) is 0 Å². The predicted octanol–water partition coefficient (Wildman–Crippen LogP) is 4.58. The van der Waals surface area contributed by atoms with Gasteiger partial charge in [-0.1, -0.05) is 13.8 Å². The molecule has 0 aromatic heterocycles. The Bertz CT molecular complexity index is 192. The Morgan fingerprint density at radius 1 is 0.882 bits per heavy atom. The maximum absolute atomic E-state index is 6.09. The maximum Gasteiger partial charge on any atom is 0.259 e. The van der Waals surface area contributed by atoms with E-state index in [0.717, 1.165) is 19.5 Å². The molecule has 0 fully saturated rings. The first-order valence-electron chi connectivity index (χ1n) is 6.52. The van der Waals surface area contributed by atoms with Gasteiger partial charge in [0.2, 0.25) is 0 Å². The van der Waals surface area contributed by atoms with Gasteiger partial charge in [0.05, 0.1) is 11.2 Å². The quantitative estimate of drug-likeness (QED) is 0.655. The van der Waals surface area contributed by atoms with Crippen LogP contribution in [0.1, 0.15) is 61.8 Å². The fourth-order valence-corrected chi connectivity index (χ4v) is 3.02. The van der Waals surface area contributed by atoms with Gasteiger partial charge in [-0.05, 0) is 48.0 Å². The van der Waals surface area contributed by atoms with Gasteiger partial charge in [-0.2, -0.15) is 0 Å². The Kier molecular flexibility index (Phi) is 7.16. The lowest BCUT2D eigenvalue weighted by molar-refractivity contribution is 0.0531. The molecule has 0 heterocycles. The van der Waals surface area contributed by atoms with Crippen molar-refractivity contribution in [2.75, 3.05) is 13.1 Å². The third-order valence-electron chi connectivity index (χ3n) is 1.78. The van der Waals surface area contributed by atoms with E-state index in [0.29, 0.717) is 0 Å². The molecule has 104 valence electrons. The SMILES string of the molecule is CCCN(CC)P(OC(C)(C)C)OC(C)(C)C. The molecule has 0 spiro atoms. The lowest BCUT2D eigenvalue weighted by Gasteiger charge is -2.37. The Morgan fingerprint density at radius 2 is 1.29 bits per heavy atom.